The zero-order valence-electron chi connectivity index (χ0n) is 14.1. The Morgan fingerprint density at radius 1 is 1.23 bits per heavy atom. The van der Waals surface area contributed by atoms with E-state index in [1.54, 1.807) is 0 Å². The van der Waals surface area contributed by atoms with Crippen molar-refractivity contribution in [3.05, 3.63) is 40.1 Å². The van der Waals surface area contributed by atoms with Crippen LogP contribution >= 0.6 is 11.3 Å². The number of ether oxygens (including phenoxy) is 3. The molecule has 0 bridgehead atoms. The predicted octanol–water partition coefficient (Wildman–Crippen LogP) is 2.13. The van der Waals surface area contributed by atoms with Crippen molar-refractivity contribution in [1.29, 1.82) is 0 Å². The van der Waals surface area contributed by atoms with E-state index in [1.807, 2.05) is 34.5 Å². The van der Waals surface area contributed by atoms with Crippen LogP contribution in [0.1, 0.15) is 21.2 Å². The quantitative estimate of drug-likeness (QED) is 0.874. The number of aliphatic hydroxyl groups excluding tert-OH is 1. The lowest BCUT2D eigenvalue weighted by molar-refractivity contribution is 0.0440. The standard InChI is InChI=1S/C19H19NO5S/c21-10-19-9-20(7-13(19)12-3-1-2-4-14(12)25-11-19)18(22)17-16-15(8-26-17)23-5-6-24-16/h1-4,8,13,21H,5-7,9-11H2/t13-,19-/m1/s1. The highest BCUT2D eigenvalue weighted by atomic mass is 32.1. The first kappa shape index (κ1) is 16.0. The third-order valence-corrected chi connectivity index (χ3v) is 6.48. The van der Waals surface area contributed by atoms with Gasteiger partial charge in [0, 0.05) is 24.4 Å². The van der Waals surface area contributed by atoms with Crippen LogP contribution in [-0.4, -0.2) is 55.4 Å². The number of thiophene rings is 1. The fourth-order valence-electron chi connectivity index (χ4n) is 4.18. The van der Waals surface area contributed by atoms with Crippen LogP contribution in [0.4, 0.5) is 0 Å². The van der Waals surface area contributed by atoms with Gasteiger partial charge in [0.2, 0.25) is 0 Å². The van der Waals surface area contributed by atoms with Crippen molar-refractivity contribution in [2.24, 2.45) is 5.41 Å². The highest BCUT2D eigenvalue weighted by Crippen LogP contribution is 2.50. The molecule has 1 amide bonds. The van der Waals surface area contributed by atoms with E-state index in [2.05, 4.69) is 0 Å². The van der Waals surface area contributed by atoms with Crippen molar-refractivity contribution in [3.63, 3.8) is 0 Å². The number of hydrogen-bond acceptors (Lipinski definition) is 6. The molecule has 2 atom stereocenters. The largest absolute Gasteiger partial charge is 0.493 e. The highest BCUT2D eigenvalue weighted by Gasteiger charge is 2.52. The molecule has 5 rings (SSSR count). The number of rotatable bonds is 2. The van der Waals surface area contributed by atoms with Gasteiger partial charge in [0.25, 0.3) is 5.91 Å². The van der Waals surface area contributed by atoms with Crippen LogP contribution in [0, 0.1) is 5.41 Å². The maximum absolute atomic E-state index is 13.2. The number of carbonyl (C=O) groups is 1. The fourth-order valence-corrected chi connectivity index (χ4v) is 5.08. The Labute approximate surface area is 154 Å². The van der Waals surface area contributed by atoms with Crippen LogP contribution in [0.2, 0.25) is 0 Å². The van der Waals surface area contributed by atoms with Crippen LogP contribution < -0.4 is 14.2 Å². The van der Waals surface area contributed by atoms with Gasteiger partial charge in [-0.2, -0.15) is 0 Å². The SMILES string of the molecule is O=C(c1scc2c1OCCO2)N1C[C@@H]2c3ccccc3OC[C@]2(CO)C1. The molecule has 136 valence electrons. The van der Waals surface area contributed by atoms with E-state index < -0.39 is 5.41 Å². The molecule has 7 heteroatoms. The first-order chi connectivity index (χ1) is 12.7. The smallest absolute Gasteiger partial charge is 0.267 e. The number of fused-ring (bicyclic) bond motifs is 4. The van der Waals surface area contributed by atoms with Gasteiger partial charge >= 0.3 is 0 Å². The molecular weight excluding hydrogens is 354 g/mol. The summed E-state index contributed by atoms with van der Waals surface area (Å²) < 4.78 is 17.1. The number of likely N-dealkylation sites (tertiary alicyclic amines) is 1. The molecule has 1 aromatic carbocycles. The Morgan fingerprint density at radius 3 is 2.96 bits per heavy atom. The van der Waals surface area contributed by atoms with Crippen molar-refractivity contribution in [1.82, 2.24) is 4.90 Å². The van der Waals surface area contributed by atoms with Crippen molar-refractivity contribution in [2.45, 2.75) is 5.92 Å². The molecule has 3 aliphatic heterocycles. The second kappa shape index (κ2) is 5.89. The van der Waals surface area contributed by atoms with E-state index in [1.165, 1.54) is 11.3 Å². The molecule has 0 saturated carbocycles. The number of carbonyl (C=O) groups excluding carboxylic acids is 1. The Balaban J connectivity index is 1.47. The number of nitrogens with zero attached hydrogens (tertiary/aromatic N) is 1. The molecule has 0 unspecified atom stereocenters. The summed E-state index contributed by atoms with van der Waals surface area (Å²) in [6, 6.07) is 7.89. The number of hydrogen-bond donors (Lipinski definition) is 1. The molecule has 0 aliphatic carbocycles. The zero-order chi connectivity index (χ0) is 17.7. The molecule has 26 heavy (non-hydrogen) atoms. The van der Waals surface area contributed by atoms with Gasteiger partial charge in [-0.15, -0.1) is 11.3 Å². The van der Waals surface area contributed by atoms with Gasteiger partial charge in [0.1, 0.15) is 23.8 Å². The second-order valence-electron chi connectivity index (χ2n) is 7.04. The Kier molecular flexibility index (Phi) is 3.62. The monoisotopic (exact) mass is 373 g/mol. The predicted molar refractivity (Wildman–Crippen MR) is 95.4 cm³/mol. The Hall–Kier alpha value is -2.25. The van der Waals surface area contributed by atoms with Crippen LogP contribution in [0.25, 0.3) is 0 Å². The lowest BCUT2D eigenvalue weighted by Gasteiger charge is -2.37. The van der Waals surface area contributed by atoms with Crippen molar-refractivity contribution in [3.8, 4) is 17.2 Å². The Morgan fingerprint density at radius 2 is 2.08 bits per heavy atom. The van der Waals surface area contributed by atoms with E-state index in [-0.39, 0.29) is 18.4 Å². The van der Waals surface area contributed by atoms with Gasteiger partial charge in [-0.3, -0.25) is 4.79 Å². The summed E-state index contributed by atoms with van der Waals surface area (Å²) in [5.41, 5.74) is 0.606. The summed E-state index contributed by atoms with van der Waals surface area (Å²) in [5, 5.41) is 12.0. The molecular formula is C19H19NO5S. The third kappa shape index (κ3) is 2.23. The second-order valence-corrected chi connectivity index (χ2v) is 7.92. The summed E-state index contributed by atoms with van der Waals surface area (Å²) in [7, 11) is 0. The van der Waals surface area contributed by atoms with Gasteiger partial charge in [0.15, 0.2) is 11.5 Å². The van der Waals surface area contributed by atoms with Gasteiger partial charge < -0.3 is 24.2 Å². The molecule has 4 heterocycles. The summed E-state index contributed by atoms with van der Waals surface area (Å²) in [6.07, 6.45) is 0. The zero-order valence-corrected chi connectivity index (χ0v) is 15.0. The van der Waals surface area contributed by atoms with E-state index in [0.717, 1.165) is 11.3 Å². The normalized spacial score (nSPS) is 26.0. The first-order valence-electron chi connectivity index (χ1n) is 8.71. The minimum Gasteiger partial charge on any atom is -0.493 e. The third-order valence-electron chi connectivity index (χ3n) is 5.55. The first-order valence-corrected chi connectivity index (χ1v) is 9.59. The molecule has 6 nitrogen and oxygen atoms in total. The average molecular weight is 373 g/mol. The average Bonchev–Trinajstić information content (AvgIpc) is 3.30. The van der Waals surface area contributed by atoms with Crippen LogP contribution in [0.3, 0.4) is 0 Å². The van der Waals surface area contributed by atoms with E-state index in [9.17, 15) is 9.90 Å². The molecule has 1 N–H and O–H groups in total. The minimum atomic E-state index is -0.460. The lowest BCUT2D eigenvalue weighted by atomic mass is 9.74. The topological polar surface area (TPSA) is 68.2 Å². The minimum absolute atomic E-state index is 0.0159. The number of aliphatic hydroxyl groups is 1. The van der Waals surface area contributed by atoms with E-state index in [0.29, 0.717) is 49.3 Å². The highest BCUT2D eigenvalue weighted by molar-refractivity contribution is 7.12. The van der Waals surface area contributed by atoms with Crippen LogP contribution in [0.5, 0.6) is 17.2 Å². The fraction of sp³-hybridized carbons (Fsp3) is 0.421. The Bertz CT molecular complexity index is 865. The van der Waals surface area contributed by atoms with Crippen molar-refractivity contribution in [2.75, 3.05) is 39.5 Å². The van der Waals surface area contributed by atoms with Gasteiger partial charge in [0.05, 0.1) is 18.6 Å². The van der Waals surface area contributed by atoms with Crippen LogP contribution in [0.15, 0.2) is 29.6 Å². The maximum atomic E-state index is 13.2. The summed E-state index contributed by atoms with van der Waals surface area (Å²) in [6.45, 7) is 2.39. The molecule has 2 aromatic rings. The van der Waals surface area contributed by atoms with E-state index >= 15 is 0 Å². The van der Waals surface area contributed by atoms with Gasteiger partial charge in [-0.25, -0.2) is 0 Å². The molecule has 3 aliphatic rings. The lowest BCUT2D eigenvalue weighted by Crippen LogP contribution is -2.42. The van der Waals surface area contributed by atoms with Crippen molar-refractivity contribution < 1.29 is 24.1 Å². The number of benzene rings is 1. The molecule has 0 radical (unpaired) electrons. The number of para-hydroxylation sites is 1. The molecule has 1 fully saturated rings. The van der Waals surface area contributed by atoms with Gasteiger partial charge in [-0.1, -0.05) is 18.2 Å². The maximum Gasteiger partial charge on any atom is 0.267 e. The molecule has 1 saturated heterocycles. The van der Waals surface area contributed by atoms with E-state index in [4.69, 9.17) is 14.2 Å². The summed E-state index contributed by atoms with van der Waals surface area (Å²) >= 11 is 1.35. The summed E-state index contributed by atoms with van der Waals surface area (Å²) in [5.74, 6) is 2.04. The van der Waals surface area contributed by atoms with Crippen molar-refractivity contribution >= 4 is 17.2 Å². The number of amides is 1. The molecule has 0 spiro atoms. The molecule has 1 aromatic heterocycles. The van der Waals surface area contributed by atoms with Gasteiger partial charge in [-0.05, 0) is 11.6 Å². The summed E-state index contributed by atoms with van der Waals surface area (Å²) in [4.78, 5) is 15.6. The van der Waals surface area contributed by atoms with Crippen LogP contribution in [-0.2, 0) is 0 Å².